The summed E-state index contributed by atoms with van der Waals surface area (Å²) in [5.41, 5.74) is 3.05. The number of benzene rings is 2. The maximum atomic E-state index is 9.04. The van der Waals surface area contributed by atoms with Crippen LogP contribution in [0.3, 0.4) is 0 Å². The number of hydrogen-bond donors (Lipinski definition) is 2. The molecule has 106 valence electrons. The molecule has 0 bridgehead atoms. The highest BCUT2D eigenvalue weighted by Crippen LogP contribution is 2.22. The van der Waals surface area contributed by atoms with Crippen molar-refractivity contribution in [1.29, 1.82) is 5.26 Å². The second-order valence-electron chi connectivity index (χ2n) is 4.56. The molecule has 2 N–H and O–H groups in total. The Kier molecular flexibility index (Phi) is 3.94. The number of aromatic nitrogens is 2. The summed E-state index contributed by atoms with van der Waals surface area (Å²) >= 11 is 0. The van der Waals surface area contributed by atoms with Crippen LogP contribution in [0.4, 0.5) is 22.9 Å². The third kappa shape index (κ3) is 3.19. The van der Waals surface area contributed by atoms with Crippen molar-refractivity contribution in [3.8, 4) is 6.07 Å². The molecule has 0 saturated carbocycles. The van der Waals surface area contributed by atoms with Crippen molar-refractivity contribution in [2.75, 3.05) is 10.6 Å². The SMILES string of the molecule is N#Cc1nccnc1Nc1cccc(Nc2ccccc2)c1. The molecule has 0 fully saturated rings. The fourth-order valence-electron chi connectivity index (χ4n) is 2.01. The number of anilines is 4. The van der Waals surface area contributed by atoms with E-state index in [4.69, 9.17) is 5.26 Å². The number of nitrogens with one attached hydrogen (secondary N) is 2. The number of para-hydroxylation sites is 1. The number of nitrogens with zero attached hydrogens (tertiary/aromatic N) is 3. The molecule has 1 aromatic heterocycles. The first-order valence-corrected chi connectivity index (χ1v) is 6.75. The molecule has 3 rings (SSSR count). The van der Waals surface area contributed by atoms with Gasteiger partial charge in [0.15, 0.2) is 11.5 Å². The molecular weight excluding hydrogens is 274 g/mol. The number of hydrogen-bond acceptors (Lipinski definition) is 5. The van der Waals surface area contributed by atoms with Crippen LogP contribution in [0.15, 0.2) is 67.0 Å². The normalized spacial score (nSPS) is 9.77. The Morgan fingerprint density at radius 1 is 0.773 bits per heavy atom. The van der Waals surface area contributed by atoms with Gasteiger partial charge in [-0.15, -0.1) is 0 Å². The van der Waals surface area contributed by atoms with Crippen molar-refractivity contribution in [3.05, 3.63) is 72.7 Å². The van der Waals surface area contributed by atoms with E-state index in [1.807, 2.05) is 60.7 Å². The predicted octanol–water partition coefficient (Wildman–Crippen LogP) is 3.84. The predicted molar refractivity (Wildman–Crippen MR) is 86.2 cm³/mol. The summed E-state index contributed by atoms with van der Waals surface area (Å²) in [4.78, 5) is 8.12. The standard InChI is InChI=1S/C17H13N5/c18-12-16-17(20-10-9-19-16)22-15-8-4-7-14(11-15)21-13-5-2-1-3-6-13/h1-11,21H,(H,20,22). The first-order chi connectivity index (χ1) is 10.8. The van der Waals surface area contributed by atoms with Crippen molar-refractivity contribution in [3.63, 3.8) is 0 Å². The summed E-state index contributed by atoms with van der Waals surface area (Å²) in [5, 5.41) is 15.5. The van der Waals surface area contributed by atoms with Crippen LogP contribution < -0.4 is 10.6 Å². The number of nitriles is 1. The Hall–Kier alpha value is -3.39. The van der Waals surface area contributed by atoms with E-state index in [1.54, 1.807) is 6.20 Å². The second-order valence-corrected chi connectivity index (χ2v) is 4.56. The van der Waals surface area contributed by atoms with Gasteiger partial charge in [-0.2, -0.15) is 5.26 Å². The van der Waals surface area contributed by atoms with E-state index in [1.165, 1.54) is 6.20 Å². The zero-order valence-corrected chi connectivity index (χ0v) is 11.7. The van der Waals surface area contributed by atoms with Crippen molar-refractivity contribution >= 4 is 22.9 Å². The Morgan fingerprint density at radius 2 is 1.45 bits per heavy atom. The third-order valence-corrected chi connectivity index (χ3v) is 2.99. The largest absolute Gasteiger partial charge is 0.355 e. The fourth-order valence-corrected chi connectivity index (χ4v) is 2.01. The first kappa shape index (κ1) is 13.6. The molecule has 0 aliphatic heterocycles. The molecule has 0 amide bonds. The van der Waals surface area contributed by atoms with Gasteiger partial charge in [0, 0.05) is 29.5 Å². The molecule has 0 spiro atoms. The lowest BCUT2D eigenvalue weighted by atomic mass is 10.2. The van der Waals surface area contributed by atoms with Gasteiger partial charge in [-0.3, -0.25) is 0 Å². The Labute approximate surface area is 128 Å². The minimum Gasteiger partial charge on any atom is -0.355 e. The summed E-state index contributed by atoms with van der Waals surface area (Å²) in [7, 11) is 0. The molecule has 5 nitrogen and oxygen atoms in total. The Morgan fingerprint density at radius 3 is 2.23 bits per heavy atom. The van der Waals surface area contributed by atoms with Crippen LogP contribution in [0.25, 0.3) is 0 Å². The summed E-state index contributed by atoms with van der Waals surface area (Å²) in [6, 6.07) is 19.7. The van der Waals surface area contributed by atoms with E-state index in [0.29, 0.717) is 5.82 Å². The molecule has 1 heterocycles. The summed E-state index contributed by atoms with van der Waals surface area (Å²) in [5.74, 6) is 0.446. The molecule has 2 aromatic carbocycles. The maximum Gasteiger partial charge on any atom is 0.183 e. The molecule has 0 atom stereocenters. The van der Waals surface area contributed by atoms with Crippen LogP contribution in [0.5, 0.6) is 0 Å². The van der Waals surface area contributed by atoms with E-state index >= 15 is 0 Å². The van der Waals surface area contributed by atoms with Gasteiger partial charge < -0.3 is 10.6 Å². The van der Waals surface area contributed by atoms with E-state index in [0.717, 1.165) is 17.1 Å². The fraction of sp³-hybridized carbons (Fsp3) is 0. The van der Waals surface area contributed by atoms with Crippen molar-refractivity contribution in [2.45, 2.75) is 0 Å². The molecule has 22 heavy (non-hydrogen) atoms. The molecule has 0 radical (unpaired) electrons. The lowest BCUT2D eigenvalue weighted by Crippen LogP contribution is -1.99. The van der Waals surface area contributed by atoms with Gasteiger partial charge in [0.25, 0.3) is 0 Å². The van der Waals surface area contributed by atoms with Crippen molar-refractivity contribution in [2.24, 2.45) is 0 Å². The summed E-state index contributed by atoms with van der Waals surface area (Å²) in [6.45, 7) is 0. The highest BCUT2D eigenvalue weighted by atomic mass is 15.0. The van der Waals surface area contributed by atoms with Crippen molar-refractivity contribution < 1.29 is 0 Å². The van der Waals surface area contributed by atoms with Crippen LogP contribution in [0.1, 0.15) is 5.69 Å². The molecule has 0 aliphatic rings. The number of rotatable bonds is 4. The van der Waals surface area contributed by atoms with Crippen LogP contribution in [0, 0.1) is 11.3 Å². The van der Waals surface area contributed by atoms with Gasteiger partial charge in [0.2, 0.25) is 0 Å². The zero-order valence-electron chi connectivity index (χ0n) is 11.7. The van der Waals surface area contributed by atoms with Crippen LogP contribution in [0.2, 0.25) is 0 Å². The quantitative estimate of drug-likeness (QED) is 0.762. The molecule has 3 aromatic rings. The minimum absolute atomic E-state index is 0.268. The van der Waals surface area contributed by atoms with E-state index in [9.17, 15) is 0 Å². The smallest absolute Gasteiger partial charge is 0.183 e. The first-order valence-electron chi connectivity index (χ1n) is 6.75. The topological polar surface area (TPSA) is 73.6 Å². The third-order valence-electron chi connectivity index (χ3n) is 2.99. The maximum absolute atomic E-state index is 9.04. The monoisotopic (exact) mass is 287 g/mol. The lowest BCUT2D eigenvalue weighted by Gasteiger charge is -2.10. The molecule has 0 aliphatic carbocycles. The van der Waals surface area contributed by atoms with Crippen LogP contribution >= 0.6 is 0 Å². The highest BCUT2D eigenvalue weighted by Gasteiger charge is 2.04. The van der Waals surface area contributed by atoms with Crippen LogP contribution in [-0.4, -0.2) is 9.97 Å². The average molecular weight is 287 g/mol. The van der Waals surface area contributed by atoms with Gasteiger partial charge in [-0.1, -0.05) is 24.3 Å². The molecule has 5 heteroatoms. The molecule has 0 saturated heterocycles. The zero-order chi connectivity index (χ0) is 15.2. The summed E-state index contributed by atoms with van der Waals surface area (Å²) in [6.07, 6.45) is 3.05. The van der Waals surface area contributed by atoms with E-state index in [-0.39, 0.29) is 5.69 Å². The Balaban J connectivity index is 1.81. The van der Waals surface area contributed by atoms with E-state index in [2.05, 4.69) is 20.6 Å². The van der Waals surface area contributed by atoms with Gasteiger partial charge in [0.1, 0.15) is 6.07 Å². The second kappa shape index (κ2) is 6.37. The Bertz CT molecular complexity index is 809. The summed E-state index contributed by atoms with van der Waals surface area (Å²) < 4.78 is 0. The van der Waals surface area contributed by atoms with E-state index < -0.39 is 0 Å². The van der Waals surface area contributed by atoms with Gasteiger partial charge >= 0.3 is 0 Å². The average Bonchev–Trinajstić information content (AvgIpc) is 2.57. The van der Waals surface area contributed by atoms with Gasteiger partial charge in [0.05, 0.1) is 0 Å². The van der Waals surface area contributed by atoms with Gasteiger partial charge in [-0.05, 0) is 30.3 Å². The molecular formula is C17H13N5. The minimum atomic E-state index is 0.268. The van der Waals surface area contributed by atoms with Crippen LogP contribution in [-0.2, 0) is 0 Å². The van der Waals surface area contributed by atoms with Crippen molar-refractivity contribution in [1.82, 2.24) is 9.97 Å². The lowest BCUT2D eigenvalue weighted by molar-refractivity contribution is 1.16. The molecule has 0 unspecified atom stereocenters. The highest BCUT2D eigenvalue weighted by molar-refractivity contribution is 5.68. The van der Waals surface area contributed by atoms with Gasteiger partial charge in [-0.25, -0.2) is 9.97 Å².